The number of hydrogen-bond acceptors (Lipinski definition) is 4. The van der Waals surface area contributed by atoms with Gasteiger partial charge in [0.05, 0.1) is 11.4 Å². The Hall–Kier alpha value is -3.45. The van der Waals surface area contributed by atoms with Crippen LogP contribution in [0.1, 0.15) is 16.2 Å². The average Bonchev–Trinajstić information content (AvgIpc) is 3.30. The highest BCUT2D eigenvalue weighted by Crippen LogP contribution is 2.24. The lowest BCUT2D eigenvalue weighted by Gasteiger charge is -2.07. The fourth-order valence-corrected chi connectivity index (χ4v) is 3.79. The number of amides is 1. The molecule has 0 aliphatic heterocycles. The highest BCUT2D eigenvalue weighted by Gasteiger charge is 2.20. The predicted octanol–water partition coefficient (Wildman–Crippen LogP) is 3.86. The third-order valence-corrected chi connectivity index (χ3v) is 5.44. The van der Waals surface area contributed by atoms with E-state index in [1.165, 1.54) is 16.0 Å². The van der Waals surface area contributed by atoms with E-state index >= 15 is 0 Å². The van der Waals surface area contributed by atoms with Crippen LogP contribution in [0.15, 0.2) is 70.8 Å². The van der Waals surface area contributed by atoms with Gasteiger partial charge in [-0.15, -0.1) is 11.3 Å². The Bertz CT molecular complexity index is 1190. The smallest absolute Gasteiger partial charge is 0.295 e. The first kappa shape index (κ1) is 17.9. The standard InChI is InChI=1S/C21H18N4O2S/c1-14-18(21(27)25(24(14)2)16-11-7-4-8-12-16)23-19(26)17-13-28-20(22-17)15-9-5-3-6-10-15/h3-13H,1-2H3,(H,23,26). The van der Waals surface area contributed by atoms with Gasteiger partial charge in [0, 0.05) is 18.0 Å². The van der Waals surface area contributed by atoms with Gasteiger partial charge in [-0.2, -0.15) is 0 Å². The summed E-state index contributed by atoms with van der Waals surface area (Å²) in [6, 6.07) is 19.0. The molecule has 0 bridgehead atoms. The molecule has 0 saturated heterocycles. The number of nitrogens with one attached hydrogen (secondary N) is 1. The van der Waals surface area contributed by atoms with Gasteiger partial charge in [0.1, 0.15) is 16.4 Å². The summed E-state index contributed by atoms with van der Waals surface area (Å²) in [4.78, 5) is 30.0. The van der Waals surface area contributed by atoms with Crippen molar-refractivity contribution >= 4 is 22.9 Å². The molecule has 140 valence electrons. The SMILES string of the molecule is Cc1c(NC(=O)c2csc(-c3ccccc3)n2)c(=O)n(-c2ccccc2)n1C. The topological polar surface area (TPSA) is 68.9 Å². The summed E-state index contributed by atoms with van der Waals surface area (Å²) in [5.74, 6) is -0.399. The molecule has 4 rings (SSSR count). The largest absolute Gasteiger partial charge is 0.314 e. The minimum absolute atomic E-state index is 0.255. The highest BCUT2D eigenvalue weighted by molar-refractivity contribution is 7.13. The third-order valence-electron chi connectivity index (χ3n) is 4.55. The van der Waals surface area contributed by atoms with Gasteiger partial charge in [-0.3, -0.25) is 14.3 Å². The number of nitrogens with zero attached hydrogens (tertiary/aromatic N) is 3. The number of anilines is 1. The van der Waals surface area contributed by atoms with Crippen LogP contribution >= 0.6 is 11.3 Å². The van der Waals surface area contributed by atoms with Gasteiger partial charge in [-0.25, -0.2) is 9.67 Å². The maximum atomic E-state index is 12.9. The second-order valence-electron chi connectivity index (χ2n) is 6.29. The summed E-state index contributed by atoms with van der Waals surface area (Å²) in [7, 11) is 1.79. The van der Waals surface area contributed by atoms with Gasteiger partial charge in [0.15, 0.2) is 0 Å². The zero-order valence-electron chi connectivity index (χ0n) is 15.4. The van der Waals surface area contributed by atoms with Crippen molar-refractivity contribution in [1.82, 2.24) is 14.3 Å². The molecule has 28 heavy (non-hydrogen) atoms. The minimum atomic E-state index is -0.399. The number of rotatable bonds is 4. The van der Waals surface area contributed by atoms with E-state index in [0.717, 1.165) is 16.3 Å². The van der Waals surface area contributed by atoms with Crippen molar-refractivity contribution in [3.63, 3.8) is 0 Å². The Morgan fingerprint density at radius 3 is 2.36 bits per heavy atom. The molecule has 0 radical (unpaired) electrons. The second-order valence-corrected chi connectivity index (χ2v) is 7.15. The van der Waals surface area contributed by atoms with Crippen LogP contribution in [0.2, 0.25) is 0 Å². The predicted molar refractivity (Wildman–Crippen MR) is 111 cm³/mol. The van der Waals surface area contributed by atoms with Crippen LogP contribution < -0.4 is 10.9 Å². The summed E-state index contributed by atoms with van der Waals surface area (Å²) in [5, 5.41) is 5.20. The lowest BCUT2D eigenvalue weighted by molar-refractivity contribution is 0.102. The van der Waals surface area contributed by atoms with Crippen molar-refractivity contribution in [2.45, 2.75) is 6.92 Å². The minimum Gasteiger partial charge on any atom is -0.314 e. The molecular weight excluding hydrogens is 372 g/mol. The molecule has 1 amide bonds. The molecule has 0 unspecified atom stereocenters. The van der Waals surface area contributed by atoms with Crippen molar-refractivity contribution in [1.29, 1.82) is 0 Å². The molecule has 0 spiro atoms. The van der Waals surface area contributed by atoms with Crippen molar-refractivity contribution in [3.05, 3.63) is 87.8 Å². The first-order chi connectivity index (χ1) is 13.6. The molecule has 2 heterocycles. The van der Waals surface area contributed by atoms with Gasteiger partial charge >= 0.3 is 0 Å². The number of carbonyl (C=O) groups excluding carboxylic acids is 1. The molecule has 0 aliphatic rings. The lowest BCUT2D eigenvalue weighted by Crippen LogP contribution is -2.23. The molecule has 2 aromatic heterocycles. The van der Waals surface area contributed by atoms with Gasteiger partial charge in [0.2, 0.25) is 0 Å². The van der Waals surface area contributed by atoms with Crippen molar-refractivity contribution in [3.8, 4) is 16.3 Å². The van der Waals surface area contributed by atoms with Crippen molar-refractivity contribution in [2.24, 2.45) is 7.05 Å². The van der Waals surface area contributed by atoms with E-state index in [0.29, 0.717) is 5.69 Å². The van der Waals surface area contributed by atoms with Gasteiger partial charge in [-0.1, -0.05) is 48.5 Å². The highest BCUT2D eigenvalue weighted by atomic mass is 32.1. The van der Waals surface area contributed by atoms with E-state index in [9.17, 15) is 9.59 Å². The number of thiazole rings is 1. The van der Waals surface area contributed by atoms with Crippen LogP contribution in [-0.2, 0) is 7.05 Å². The first-order valence-electron chi connectivity index (χ1n) is 8.72. The second kappa shape index (κ2) is 7.28. The monoisotopic (exact) mass is 390 g/mol. The van der Waals surface area contributed by atoms with Gasteiger partial charge in [0.25, 0.3) is 11.5 Å². The van der Waals surface area contributed by atoms with Crippen molar-refractivity contribution < 1.29 is 4.79 Å². The van der Waals surface area contributed by atoms with E-state index in [1.807, 2.05) is 60.7 Å². The molecular formula is C21H18N4O2S. The maximum Gasteiger partial charge on any atom is 0.295 e. The quantitative estimate of drug-likeness (QED) is 0.575. The molecule has 6 nitrogen and oxygen atoms in total. The zero-order chi connectivity index (χ0) is 19.7. The summed E-state index contributed by atoms with van der Waals surface area (Å²) in [6.45, 7) is 1.80. The van der Waals surface area contributed by atoms with Crippen LogP contribution in [0.25, 0.3) is 16.3 Å². The van der Waals surface area contributed by atoms with E-state index < -0.39 is 5.91 Å². The molecule has 0 aliphatic carbocycles. The number of aromatic nitrogens is 3. The lowest BCUT2D eigenvalue weighted by atomic mass is 10.2. The summed E-state index contributed by atoms with van der Waals surface area (Å²) in [5.41, 5.74) is 2.62. The Balaban J connectivity index is 1.64. The van der Waals surface area contributed by atoms with E-state index in [1.54, 1.807) is 24.0 Å². The molecule has 0 fully saturated rings. The van der Waals surface area contributed by atoms with E-state index in [2.05, 4.69) is 10.3 Å². The van der Waals surface area contributed by atoms with Gasteiger partial charge < -0.3 is 5.32 Å². The average molecular weight is 390 g/mol. The van der Waals surface area contributed by atoms with Crippen molar-refractivity contribution in [2.75, 3.05) is 5.32 Å². The summed E-state index contributed by atoms with van der Waals surface area (Å²) in [6.07, 6.45) is 0. The van der Waals surface area contributed by atoms with Crippen LogP contribution in [-0.4, -0.2) is 20.3 Å². The number of carbonyl (C=O) groups is 1. The number of benzene rings is 2. The summed E-state index contributed by atoms with van der Waals surface area (Å²) < 4.78 is 3.26. The number of hydrogen-bond donors (Lipinski definition) is 1. The van der Waals surface area contributed by atoms with Crippen LogP contribution in [0.5, 0.6) is 0 Å². The fraction of sp³-hybridized carbons (Fsp3) is 0.0952. The molecule has 1 N–H and O–H groups in total. The Kier molecular flexibility index (Phi) is 4.67. The zero-order valence-corrected chi connectivity index (χ0v) is 16.2. The number of para-hydroxylation sites is 1. The molecule has 0 atom stereocenters. The summed E-state index contributed by atoms with van der Waals surface area (Å²) >= 11 is 1.39. The van der Waals surface area contributed by atoms with E-state index in [4.69, 9.17) is 0 Å². The maximum absolute atomic E-state index is 12.9. The fourth-order valence-electron chi connectivity index (χ4n) is 2.98. The van der Waals surface area contributed by atoms with E-state index in [-0.39, 0.29) is 16.9 Å². The molecule has 2 aromatic carbocycles. The third kappa shape index (κ3) is 3.16. The molecule has 4 aromatic rings. The Labute approximate surface area is 165 Å². The van der Waals surface area contributed by atoms with Gasteiger partial charge in [-0.05, 0) is 19.1 Å². The first-order valence-corrected chi connectivity index (χ1v) is 9.60. The molecule has 0 saturated carbocycles. The Morgan fingerprint density at radius 1 is 1.04 bits per heavy atom. The Morgan fingerprint density at radius 2 is 1.68 bits per heavy atom. The molecule has 7 heteroatoms. The normalized spacial score (nSPS) is 10.8. The van der Waals surface area contributed by atoms with Crippen LogP contribution in [0, 0.1) is 6.92 Å². The van der Waals surface area contributed by atoms with Crippen LogP contribution in [0.3, 0.4) is 0 Å². The van der Waals surface area contributed by atoms with Crippen LogP contribution in [0.4, 0.5) is 5.69 Å².